The molecular weight excluding hydrogens is 426 g/mol. The molecule has 0 atom stereocenters. The maximum absolute atomic E-state index is 12.7. The molecular formula is C28H25N3O3. The van der Waals surface area contributed by atoms with Crippen molar-refractivity contribution in [1.29, 1.82) is 0 Å². The van der Waals surface area contributed by atoms with Crippen molar-refractivity contribution in [2.24, 2.45) is 0 Å². The van der Waals surface area contributed by atoms with E-state index in [4.69, 9.17) is 4.42 Å². The Kier molecular flexibility index (Phi) is 6.12. The lowest BCUT2D eigenvalue weighted by Gasteiger charge is -2.35. The van der Waals surface area contributed by atoms with Gasteiger partial charge in [-0.15, -0.1) is 0 Å². The Morgan fingerprint density at radius 1 is 0.706 bits per heavy atom. The lowest BCUT2D eigenvalue weighted by Crippen LogP contribution is -2.48. The number of piperazine rings is 1. The van der Waals surface area contributed by atoms with Gasteiger partial charge in [0.1, 0.15) is 0 Å². The number of nitrogens with zero attached hydrogens (tertiary/aromatic N) is 2. The fraction of sp³-hybridized carbons (Fsp3) is 0.143. The molecule has 4 aromatic rings. The predicted octanol–water partition coefficient (Wildman–Crippen LogP) is 5.16. The minimum atomic E-state index is -0.141. The third kappa shape index (κ3) is 4.71. The molecule has 1 aliphatic rings. The van der Waals surface area contributed by atoms with Crippen molar-refractivity contribution < 1.29 is 14.0 Å². The summed E-state index contributed by atoms with van der Waals surface area (Å²) in [4.78, 5) is 29.2. The smallest absolute Gasteiger partial charge is 0.289 e. The van der Waals surface area contributed by atoms with Gasteiger partial charge in [0.2, 0.25) is 0 Å². The zero-order valence-electron chi connectivity index (χ0n) is 18.7. The zero-order chi connectivity index (χ0) is 23.3. The first-order valence-electron chi connectivity index (χ1n) is 11.3. The molecule has 170 valence electrons. The van der Waals surface area contributed by atoms with Gasteiger partial charge in [0.05, 0.1) is 6.26 Å². The Hall–Kier alpha value is -4.32. The first kappa shape index (κ1) is 21.5. The van der Waals surface area contributed by atoms with Crippen LogP contribution in [0.1, 0.15) is 20.9 Å². The number of amides is 2. The first-order valence-corrected chi connectivity index (χ1v) is 11.3. The molecule has 0 bridgehead atoms. The molecule has 6 heteroatoms. The molecule has 1 aromatic heterocycles. The number of anilines is 2. The lowest BCUT2D eigenvalue weighted by molar-refractivity contribution is 0.0714. The molecule has 0 spiro atoms. The Labute approximate surface area is 198 Å². The molecule has 0 saturated carbocycles. The van der Waals surface area contributed by atoms with Crippen LogP contribution in [0.5, 0.6) is 0 Å². The summed E-state index contributed by atoms with van der Waals surface area (Å²) < 4.78 is 5.22. The van der Waals surface area contributed by atoms with E-state index in [-0.39, 0.29) is 11.8 Å². The summed E-state index contributed by atoms with van der Waals surface area (Å²) in [5.74, 6) is 0.167. The fourth-order valence-corrected chi connectivity index (χ4v) is 4.13. The second-order valence-electron chi connectivity index (χ2n) is 8.20. The van der Waals surface area contributed by atoms with Gasteiger partial charge in [-0.05, 0) is 59.7 Å². The Balaban J connectivity index is 1.16. The molecule has 0 unspecified atom stereocenters. The van der Waals surface area contributed by atoms with Crippen LogP contribution in [-0.2, 0) is 0 Å². The van der Waals surface area contributed by atoms with Crippen LogP contribution in [-0.4, -0.2) is 42.9 Å². The van der Waals surface area contributed by atoms with E-state index in [0.717, 1.165) is 35.6 Å². The van der Waals surface area contributed by atoms with E-state index in [1.807, 2.05) is 83.8 Å². The summed E-state index contributed by atoms with van der Waals surface area (Å²) in [5.41, 5.74) is 4.62. The topological polar surface area (TPSA) is 65.8 Å². The van der Waals surface area contributed by atoms with Gasteiger partial charge in [-0.25, -0.2) is 0 Å². The van der Waals surface area contributed by atoms with Crippen LogP contribution >= 0.6 is 0 Å². The van der Waals surface area contributed by atoms with Crippen molar-refractivity contribution >= 4 is 23.2 Å². The van der Waals surface area contributed by atoms with Crippen molar-refractivity contribution in [1.82, 2.24) is 4.90 Å². The largest absolute Gasteiger partial charge is 0.459 e. The van der Waals surface area contributed by atoms with Crippen LogP contribution in [0.15, 0.2) is 102 Å². The maximum atomic E-state index is 12.7. The van der Waals surface area contributed by atoms with Crippen molar-refractivity contribution in [3.63, 3.8) is 0 Å². The van der Waals surface area contributed by atoms with E-state index in [9.17, 15) is 9.59 Å². The van der Waals surface area contributed by atoms with Gasteiger partial charge < -0.3 is 19.5 Å². The summed E-state index contributed by atoms with van der Waals surface area (Å²) in [7, 11) is 0. The summed E-state index contributed by atoms with van der Waals surface area (Å²) in [5, 5.41) is 2.96. The van der Waals surface area contributed by atoms with Gasteiger partial charge in [0, 0.05) is 43.1 Å². The molecule has 1 fully saturated rings. The van der Waals surface area contributed by atoms with Gasteiger partial charge in [-0.3, -0.25) is 9.59 Å². The predicted molar refractivity (Wildman–Crippen MR) is 133 cm³/mol. The van der Waals surface area contributed by atoms with Crippen molar-refractivity contribution in [3.05, 3.63) is 109 Å². The third-order valence-corrected chi connectivity index (χ3v) is 6.04. The standard InChI is InChI=1S/C28H25N3O3/c32-27(23-10-8-22(9-11-23)21-5-2-1-3-6-21)29-24-12-14-25(15-13-24)30-16-18-31(19-17-30)28(33)26-7-4-20-34-26/h1-15,20H,16-19H2,(H,29,32). The number of hydrogen-bond acceptors (Lipinski definition) is 4. The highest BCUT2D eigenvalue weighted by Crippen LogP contribution is 2.22. The van der Waals surface area contributed by atoms with Gasteiger partial charge in [-0.1, -0.05) is 42.5 Å². The average molecular weight is 452 g/mol. The highest BCUT2D eigenvalue weighted by molar-refractivity contribution is 6.04. The number of rotatable bonds is 5. The molecule has 2 heterocycles. The van der Waals surface area contributed by atoms with E-state index < -0.39 is 0 Å². The highest BCUT2D eigenvalue weighted by Gasteiger charge is 2.23. The summed E-state index contributed by atoms with van der Waals surface area (Å²) in [6.45, 7) is 2.76. The van der Waals surface area contributed by atoms with Crippen LogP contribution in [0.2, 0.25) is 0 Å². The summed E-state index contributed by atoms with van der Waals surface area (Å²) in [6.07, 6.45) is 1.52. The average Bonchev–Trinajstić information content (AvgIpc) is 3.45. The molecule has 1 aliphatic heterocycles. The van der Waals surface area contributed by atoms with Gasteiger partial charge in [0.25, 0.3) is 11.8 Å². The SMILES string of the molecule is O=C(Nc1ccc(N2CCN(C(=O)c3ccco3)CC2)cc1)c1ccc(-c2ccccc2)cc1. The van der Waals surface area contributed by atoms with Crippen molar-refractivity contribution in [2.75, 3.05) is 36.4 Å². The lowest BCUT2D eigenvalue weighted by atomic mass is 10.0. The number of furan rings is 1. The molecule has 6 nitrogen and oxygen atoms in total. The van der Waals surface area contributed by atoms with E-state index in [1.54, 1.807) is 12.1 Å². The van der Waals surface area contributed by atoms with E-state index >= 15 is 0 Å². The molecule has 1 saturated heterocycles. The zero-order valence-corrected chi connectivity index (χ0v) is 18.7. The second-order valence-corrected chi connectivity index (χ2v) is 8.20. The minimum Gasteiger partial charge on any atom is -0.459 e. The minimum absolute atomic E-state index is 0.0699. The second kappa shape index (κ2) is 9.67. The monoisotopic (exact) mass is 451 g/mol. The Morgan fingerprint density at radius 3 is 2.03 bits per heavy atom. The number of nitrogens with one attached hydrogen (secondary N) is 1. The van der Waals surface area contributed by atoms with Gasteiger partial charge >= 0.3 is 0 Å². The van der Waals surface area contributed by atoms with Crippen LogP contribution in [0.3, 0.4) is 0 Å². The van der Waals surface area contributed by atoms with Crippen LogP contribution in [0.25, 0.3) is 11.1 Å². The summed E-state index contributed by atoms with van der Waals surface area (Å²) in [6, 6.07) is 28.9. The van der Waals surface area contributed by atoms with Crippen LogP contribution in [0.4, 0.5) is 11.4 Å². The normalized spacial score (nSPS) is 13.5. The molecule has 2 amide bonds. The van der Waals surface area contributed by atoms with Crippen molar-refractivity contribution in [3.8, 4) is 11.1 Å². The molecule has 0 aliphatic carbocycles. The Morgan fingerprint density at radius 2 is 1.38 bits per heavy atom. The molecule has 3 aromatic carbocycles. The van der Waals surface area contributed by atoms with E-state index in [1.165, 1.54) is 6.26 Å². The molecule has 34 heavy (non-hydrogen) atoms. The fourth-order valence-electron chi connectivity index (χ4n) is 4.13. The van der Waals surface area contributed by atoms with Gasteiger partial charge in [-0.2, -0.15) is 0 Å². The highest BCUT2D eigenvalue weighted by atomic mass is 16.3. The summed E-state index contributed by atoms with van der Waals surface area (Å²) >= 11 is 0. The first-order chi connectivity index (χ1) is 16.7. The molecule has 1 N–H and O–H groups in total. The molecule has 0 radical (unpaired) electrons. The number of hydrogen-bond donors (Lipinski definition) is 1. The van der Waals surface area contributed by atoms with Crippen LogP contribution < -0.4 is 10.2 Å². The molecule has 5 rings (SSSR count). The quantitative estimate of drug-likeness (QED) is 0.455. The van der Waals surface area contributed by atoms with E-state index in [0.29, 0.717) is 24.4 Å². The van der Waals surface area contributed by atoms with Crippen LogP contribution in [0, 0.1) is 0 Å². The number of benzene rings is 3. The maximum Gasteiger partial charge on any atom is 0.289 e. The third-order valence-electron chi connectivity index (χ3n) is 6.04. The number of carbonyl (C=O) groups excluding carboxylic acids is 2. The van der Waals surface area contributed by atoms with E-state index in [2.05, 4.69) is 10.2 Å². The number of carbonyl (C=O) groups is 2. The van der Waals surface area contributed by atoms with Gasteiger partial charge in [0.15, 0.2) is 5.76 Å². The van der Waals surface area contributed by atoms with Crippen molar-refractivity contribution in [2.45, 2.75) is 0 Å². The Bertz CT molecular complexity index is 1240.